The lowest BCUT2D eigenvalue weighted by molar-refractivity contribution is -0.136. The average molecular weight is 286 g/mol. The van der Waals surface area contributed by atoms with Crippen LogP contribution in [0.25, 0.3) is 0 Å². The summed E-state index contributed by atoms with van der Waals surface area (Å²) in [5.74, 6) is 1.05. The average Bonchev–Trinajstić information content (AvgIpc) is 2.54. The van der Waals surface area contributed by atoms with Crippen LogP contribution in [0, 0.1) is 5.92 Å². The number of rotatable bonds is 3. The molecule has 1 aromatic carbocycles. The highest BCUT2D eigenvalue weighted by atomic mass is 16.2. The summed E-state index contributed by atoms with van der Waals surface area (Å²) in [7, 11) is 0. The van der Waals surface area contributed by atoms with Crippen molar-refractivity contribution in [2.75, 3.05) is 6.54 Å². The van der Waals surface area contributed by atoms with Crippen molar-refractivity contribution in [1.82, 2.24) is 4.90 Å². The molecular weight excluding hydrogens is 260 g/mol. The third kappa shape index (κ3) is 3.13. The minimum absolute atomic E-state index is 0.299. The Morgan fingerprint density at radius 2 is 1.81 bits per heavy atom. The highest BCUT2D eigenvalue weighted by Crippen LogP contribution is 2.35. The van der Waals surface area contributed by atoms with E-state index in [2.05, 4.69) is 4.90 Å². The SMILES string of the molecule is NCc1ccccc1CC(=O)N1CCC[C@H]2CCCC[C@H]21. The van der Waals surface area contributed by atoms with Gasteiger partial charge in [-0.1, -0.05) is 37.1 Å². The van der Waals surface area contributed by atoms with Crippen LogP contribution in [-0.2, 0) is 17.8 Å². The summed E-state index contributed by atoms with van der Waals surface area (Å²) in [6.45, 7) is 1.46. The lowest BCUT2D eigenvalue weighted by atomic mass is 9.78. The van der Waals surface area contributed by atoms with Crippen molar-refractivity contribution in [3.05, 3.63) is 35.4 Å². The number of hydrogen-bond donors (Lipinski definition) is 1. The number of nitrogens with zero attached hydrogens (tertiary/aromatic N) is 1. The second kappa shape index (κ2) is 6.61. The van der Waals surface area contributed by atoms with Crippen molar-refractivity contribution in [2.24, 2.45) is 11.7 Å². The van der Waals surface area contributed by atoms with E-state index in [1.165, 1.54) is 38.5 Å². The van der Waals surface area contributed by atoms with E-state index >= 15 is 0 Å². The maximum absolute atomic E-state index is 12.8. The molecule has 1 aliphatic carbocycles. The number of nitrogens with two attached hydrogens (primary N) is 1. The second-order valence-corrected chi connectivity index (χ2v) is 6.49. The zero-order chi connectivity index (χ0) is 14.7. The highest BCUT2D eigenvalue weighted by molar-refractivity contribution is 5.79. The van der Waals surface area contributed by atoms with Gasteiger partial charge >= 0.3 is 0 Å². The first-order chi connectivity index (χ1) is 10.3. The molecule has 3 heteroatoms. The van der Waals surface area contributed by atoms with Crippen LogP contribution < -0.4 is 5.73 Å². The first kappa shape index (κ1) is 14.6. The summed E-state index contributed by atoms with van der Waals surface area (Å²) in [5, 5.41) is 0. The Labute approximate surface area is 127 Å². The summed E-state index contributed by atoms with van der Waals surface area (Å²) < 4.78 is 0. The van der Waals surface area contributed by atoms with Crippen molar-refractivity contribution in [1.29, 1.82) is 0 Å². The standard InChI is InChI=1S/C18H26N2O/c19-13-16-8-2-1-7-15(16)12-18(21)20-11-5-9-14-6-3-4-10-17(14)20/h1-2,7-8,14,17H,3-6,9-13,19H2/t14-,17-/m1/s1. The third-order valence-electron chi connectivity index (χ3n) is 5.24. The topological polar surface area (TPSA) is 46.3 Å². The quantitative estimate of drug-likeness (QED) is 0.928. The number of amides is 1. The van der Waals surface area contributed by atoms with Gasteiger partial charge in [-0.05, 0) is 42.7 Å². The minimum Gasteiger partial charge on any atom is -0.339 e. The van der Waals surface area contributed by atoms with Crippen LogP contribution in [0.3, 0.4) is 0 Å². The zero-order valence-electron chi connectivity index (χ0n) is 12.8. The normalized spacial score (nSPS) is 25.5. The van der Waals surface area contributed by atoms with E-state index in [4.69, 9.17) is 5.73 Å². The zero-order valence-corrected chi connectivity index (χ0v) is 12.8. The van der Waals surface area contributed by atoms with Crippen LogP contribution in [0.1, 0.15) is 49.7 Å². The minimum atomic E-state index is 0.299. The molecule has 1 saturated heterocycles. The maximum Gasteiger partial charge on any atom is 0.227 e. The van der Waals surface area contributed by atoms with Gasteiger partial charge in [-0.25, -0.2) is 0 Å². The number of fused-ring (bicyclic) bond motifs is 1. The molecule has 0 radical (unpaired) electrons. The molecule has 1 aromatic rings. The predicted molar refractivity (Wildman–Crippen MR) is 84.7 cm³/mol. The first-order valence-corrected chi connectivity index (χ1v) is 8.36. The molecule has 3 rings (SSSR count). The molecule has 0 aromatic heterocycles. The third-order valence-corrected chi connectivity index (χ3v) is 5.24. The molecule has 2 fully saturated rings. The van der Waals surface area contributed by atoms with Gasteiger partial charge in [0.2, 0.25) is 5.91 Å². The lowest BCUT2D eigenvalue weighted by Gasteiger charge is -2.44. The van der Waals surface area contributed by atoms with Crippen molar-refractivity contribution < 1.29 is 4.79 Å². The molecular formula is C18H26N2O. The van der Waals surface area contributed by atoms with Crippen molar-refractivity contribution in [2.45, 2.75) is 57.5 Å². The van der Waals surface area contributed by atoms with Crippen LogP contribution in [0.2, 0.25) is 0 Å². The molecule has 3 nitrogen and oxygen atoms in total. The van der Waals surface area contributed by atoms with E-state index in [1.54, 1.807) is 0 Å². The molecule has 2 aliphatic rings. The predicted octanol–water partition coefficient (Wildman–Crippen LogP) is 2.87. The summed E-state index contributed by atoms with van der Waals surface area (Å²) in [6.07, 6.45) is 8.14. The maximum atomic E-state index is 12.8. The van der Waals surface area contributed by atoms with Crippen LogP contribution in [0.4, 0.5) is 0 Å². The van der Waals surface area contributed by atoms with Gasteiger partial charge < -0.3 is 10.6 Å². The summed E-state index contributed by atoms with van der Waals surface area (Å²) in [4.78, 5) is 15.0. The monoisotopic (exact) mass is 286 g/mol. The van der Waals surface area contributed by atoms with E-state index in [0.29, 0.717) is 24.9 Å². The van der Waals surface area contributed by atoms with Gasteiger partial charge in [0, 0.05) is 19.1 Å². The van der Waals surface area contributed by atoms with Gasteiger partial charge in [0.1, 0.15) is 0 Å². The Hall–Kier alpha value is -1.35. The van der Waals surface area contributed by atoms with E-state index in [9.17, 15) is 4.79 Å². The lowest BCUT2D eigenvalue weighted by Crippen LogP contribution is -2.50. The number of piperidine rings is 1. The number of hydrogen-bond acceptors (Lipinski definition) is 2. The molecule has 0 spiro atoms. The number of benzene rings is 1. The second-order valence-electron chi connectivity index (χ2n) is 6.49. The van der Waals surface area contributed by atoms with Gasteiger partial charge in [0.05, 0.1) is 6.42 Å². The number of carbonyl (C=O) groups is 1. The molecule has 1 saturated carbocycles. The van der Waals surface area contributed by atoms with E-state index < -0.39 is 0 Å². The fraction of sp³-hybridized carbons (Fsp3) is 0.611. The Morgan fingerprint density at radius 1 is 1.10 bits per heavy atom. The fourth-order valence-electron chi connectivity index (χ4n) is 4.13. The van der Waals surface area contributed by atoms with Gasteiger partial charge in [-0.3, -0.25) is 4.79 Å². The summed E-state index contributed by atoms with van der Waals surface area (Å²) in [5.41, 5.74) is 7.99. The summed E-state index contributed by atoms with van der Waals surface area (Å²) in [6, 6.07) is 8.57. The van der Waals surface area contributed by atoms with Crippen LogP contribution in [-0.4, -0.2) is 23.4 Å². The largest absolute Gasteiger partial charge is 0.339 e. The van der Waals surface area contributed by atoms with Crippen molar-refractivity contribution >= 4 is 5.91 Å². The molecule has 2 N–H and O–H groups in total. The van der Waals surface area contributed by atoms with Gasteiger partial charge in [0.15, 0.2) is 0 Å². The van der Waals surface area contributed by atoms with Crippen LogP contribution in [0.15, 0.2) is 24.3 Å². The van der Waals surface area contributed by atoms with E-state index in [1.807, 2.05) is 24.3 Å². The number of carbonyl (C=O) groups excluding carboxylic acids is 1. The number of likely N-dealkylation sites (tertiary alicyclic amines) is 1. The van der Waals surface area contributed by atoms with E-state index in [0.717, 1.165) is 23.6 Å². The first-order valence-electron chi connectivity index (χ1n) is 8.36. The smallest absolute Gasteiger partial charge is 0.227 e. The van der Waals surface area contributed by atoms with Crippen molar-refractivity contribution in [3.63, 3.8) is 0 Å². The molecule has 1 amide bonds. The molecule has 0 bridgehead atoms. The van der Waals surface area contributed by atoms with Crippen LogP contribution >= 0.6 is 0 Å². The van der Waals surface area contributed by atoms with E-state index in [-0.39, 0.29) is 0 Å². The molecule has 21 heavy (non-hydrogen) atoms. The summed E-state index contributed by atoms with van der Waals surface area (Å²) >= 11 is 0. The Bertz CT molecular complexity index is 498. The Morgan fingerprint density at radius 3 is 2.62 bits per heavy atom. The molecule has 1 heterocycles. The fourth-order valence-corrected chi connectivity index (χ4v) is 4.13. The van der Waals surface area contributed by atoms with Gasteiger partial charge in [-0.15, -0.1) is 0 Å². The molecule has 1 aliphatic heterocycles. The highest BCUT2D eigenvalue weighted by Gasteiger charge is 2.35. The van der Waals surface area contributed by atoms with Gasteiger partial charge in [0.25, 0.3) is 0 Å². The molecule has 114 valence electrons. The molecule has 2 atom stereocenters. The van der Waals surface area contributed by atoms with Gasteiger partial charge in [-0.2, -0.15) is 0 Å². The Kier molecular flexibility index (Phi) is 4.59. The molecule has 0 unspecified atom stereocenters. The van der Waals surface area contributed by atoms with Crippen molar-refractivity contribution in [3.8, 4) is 0 Å². The van der Waals surface area contributed by atoms with Crippen LogP contribution in [0.5, 0.6) is 0 Å². The Balaban J connectivity index is 1.72.